The molecular weight excluding hydrogens is 172 g/mol. The van der Waals surface area contributed by atoms with E-state index in [2.05, 4.69) is 0 Å². The lowest BCUT2D eigenvalue weighted by Crippen LogP contribution is -2.48. The zero-order chi connectivity index (χ0) is 9.31. The van der Waals surface area contributed by atoms with Crippen LogP contribution < -0.4 is 0 Å². The molecule has 2 N–H and O–H groups in total. The zero-order valence-corrected chi connectivity index (χ0v) is 7.61. The molecule has 4 heteroatoms. The van der Waals surface area contributed by atoms with Crippen molar-refractivity contribution in [3.05, 3.63) is 0 Å². The third-order valence-electron chi connectivity index (χ3n) is 3.00. The normalized spacial score (nSPS) is 38.3. The van der Waals surface area contributed by atoms with E-state index >= 15 is 0 Å². The van der Waals surface area contributed by atoms with Crippen LogP contribution in [0, 0.1) is 5.92 Å². The van der Waals surface area contributed by atoms with E-state index in [-0.39, 0.29) is 12.5 Å². The molecule has 2 atom stereocenters. The fourth-order valence-corrected chi connectivity index (χ4v) is 2.16. The minimum Gasteiger partial charge on any atom is -0.396 e. The molecule has 0 radical (unpaired) electrons. The lowest BCUT2D eigenvalue weighted by Gasteiger charge is -2.39. The van der Waals surface area contributed by atoms with Gasteiger partial charge >= 0.3 is 0 Å². The van der Waals surface area contributed by atoms with Gasteiger partial charge in [0.25, 0.3) is 0 Å². The second-order valence-electron chi connectivity index (χ2n) is 3.85. The van der Waals surface area contributed by atoms with Gasteiger partial charge in [0.15, 0.2) is 5.79 Å². The van der Waals surface area contributed by atoms with Crippen molar-refractivity contribution < 1.29 is 19.7 Å². The summed E-state index contributed by atoms with van der Waals surface area (Å²) < 4.78 is 10.9. The van der Waals surface area contributed by atoms with E-state index in [0.29, 0.717) is 26.1 Å². The van der Waals surface area contributed by atoms with Gasteiger partial charge in [-0.1, -0.05) is 0 Å². The molecule has 76 valence electrons. The third kappa shape index (κ3) is 1.59. The van der Waals surface area contributed by atoms with Crippen molar-refractivity contribution >= 4 is 0 Å². The van der Waals surface area contributed by atoms with Crippen molar-refractivity contribution in [2.45, 2.75) is 31.2 Å². The van der Waals surface area contributed by atoms with E-state index in [9.17, 15) is 5.11 Å². The molecule has 0 unspecified atom stereocenters. The maximum atomic E-state index is 9.80. The van der Waals surface area contributed by atoms with Crippen LogP contribution in [0.1, 0.15) is 19.3 Å². The van der Waals surface area contributed by atoms with Gasteiger partial charge in [0.1, 0.15) is 6.10 Å². The monoisotopic (exact) mass is 188 g/mol. The van der Waals surface area contributed by atoms with Gasteiger partial charge in [-0.25, -0.2) is 0 Å². The fourth-order valence-electron chi connectivity index (χ4n) is 2.16. The molecule has 1 heterocycles. The number of ether oxygens (including phenoxy) is 2. The molecule has 2 aliphatic rings. The van der Waals surface area contributed by atoms with Gasteiger partial charge in [-0.15, -0.1) is 0 Å². The highest BCUT2D eigenvalue weighted by Gasteiger charge is 2.47. The molecule has 0 bridgehead atoms. The zero-order valence-electron chi connectivity index (χ0n) is 7.61. The second kappa shape index (κ2) is 3.53. The van der Waals surface area contributed by atoms with Gasteiger partial charge in [0, 0.05) is 13.0 Å². The molecular formula is C9H16O4. The maximum absolute atomic E-state index is 9.80. The van der Waals surface area contributed by atoms with Crippen LogP contribution in [-0.4, -0.2) is 41.9 Å². The van der Waals surface area contributed by atoms with Crippen LogP contribution in [0.15, 0.2) is 0 Å². The number of rotatable bonds is 1. The summed E-state index contributed by atoms with van der Waals surface area (Å²) in [5, 5.41) is 18.7. The summed E-state index contributed by atoms with van der Waals surface area (Å²) in [5.41, 5.74) is 0. The predicted octanol–water partition coefficient (Wildman–Crippen LogP) is -0.117. The van der Waals surface area contributed by atoms with Crippen LogP contribution in [0.2, 0.25) is 0 Å². The average molecular weight is 188 g/mol. The van der Waals surface area contributed by atoms with Crippen molar-refractivity contribution in [3.8, 4) is 0 Å². The SMILES string of the molecule is OC[C@@H]1CCC2(OCCO2)[C@H](O)C1. The maximum Gasteiger partial charge on any atom is 0.194 e. The molecule has 2 fully saturated rings. The summed E-state index contributed by atoms with van der Waals surface area (Å²) in [4.78, 5) is 0. The molecule has 1 spiro atoms. The van der Waals surface area contributed by atoms with Gasteiger partial charge in [0.2, 0.25) is 0 Å². The third-order valence-corrected chi connectivity index (χ3v) is 3.00. The summed E-state index contributed by atoms with van der Waals surface area (Å²) >= 11 is 0. The highest BCUT2D eigenvalue weighted by Crippen LogP contribution is 2.38. The molecule has 0 amide bonds. The molecule has 0 aromatic heterocycles. The molecule has 1 aliphatic carbocycles. The topological polar surface area (TPSA) is 58.9 Å². The lowest BCUT2D eigenvalue weighted by molar-refractivity contribution is -0.243. The Morgan fingerprint density at radius 2 is 2.00 bits per heavy atom. The standard InChI is InChI=1S/C9H16O4/c10-6-7-1-2-9(8(11)5-7)12-3-4-13-9/h7-8,10-11H,1-6H2/t7-,8-/m1/s1. The van der Waals surface area contributed by atoms with Crippen LogP contribution in [-0.2, 0) is 9.47 Å². The predicted molar refractivity (Wildman–Crippen MR) is 45.1 cm³/mol. The minimum absolute atomic E-state index is 0.146. The average Bonchev–Trinajstić information content (AvgIpc) is 2.60. The van der Waals surface area contributed by atoms with Crippen LogP contribution in [0.25, 0.3) is 0 Å². The molecule has 0 aromatic rings. The van der Waals surface area contributed by atoms with Gasteiger partial charge in [-0.3, -0.25) is 0 Å². The van der Waals surface area contributed by atoms with Crippen molar-refractivity contribution in [2.24, 2.45) is 5.92 Å². The van der Waals surface area contributed by atoms with Crippen molar-refractivity contribution in [1.29, 1.82) is 0 Å². The number of hydrogen-bond acceptors (Lipinski definition) is 4. The Morgan fingerprint density at radius 3 is 2.54 bits per heavy atom. The van der Waals surface area contributed by atoms with Crippen molar-refractivity contribution in [1.82, 2.24) is 0 Å². The van der Waals surface area contributed by atoms with Gasteiger partial charge < -0.3 is 19.7 Å². The Morgan fingerprint density at radius 1 is 1.31 bits per heavy atom. The highest BCUT2D eigenvalue weighted by atomic mass is 16.7. The Balaban J connectivity index is 2.00. The first-order chi connectivity index (χ1) is 6.27. The van der Waals surface area contributed by atoms with Crippen LogP contribution in [0.4, 0.5) is 0 Å². The van der Waals surface area contributed by atoms with Gasteiger partial charge in [0.05, 0.1) is 13.2 Å². The van der Waals surface area contributed by atoms with Crippen molar-refractivity contribution in [2.75, 3.05) is 19.8 Å². The molecule has 0 aromatic carbocycles. The van der Waals surface area contributed by atoms with E-state index in [4.69, 9.17) is 14.6 Å². The quantitative estimate of drug-likeness (QED) is 0.602. The minimum atomic E-state index is -0.744. The Bertz CT molecular complexity index is 176. The Labute approximate surface area is 77.5 Å². The van der Waals surface area contributed by atoms with E-state index in [1.807, 2.05) is 0 Å². The first-order valence-electron chi connectivity index (χ1n) is 4.84. The van der Waals surface area contributed by atoms with E-state index in [1.165, 1.54) is 0 Å². The van der Waals surface area contributed by atoms with E-state index in [1.54, 1.807) is 0 Å². The molecule has 1 aliphatic heterocycles. The molecule has 1 saturated carbocycles. The lowest BCUT2D eigenvalue weighted by atomic mass is 9.83. The summed E-state index contributed by atoms with van der Waals surface area (Å²) in [5.74, 6) is -0.542. The highest BCUT2D eigenvalue weighted by molar-refractivity contribution is 4.89. The molecule has 4 nitrogen and oxygen atoms in total. The second-order valence-corrected chi connectivity index (χ2v) is 3.85. The van der Waals surface area contributed by atoms with Crippen LogP contribution in [0.5, 0.6) is 0 Å². The number of hydrogen-bond donors (Lipinski definition) is 2. The van der Waals surface area contributed by atoms with Gasteiger partial charge in [-0.05, 0) is 18.8 Å². The van der Waals surface area contributed by atoms with E-state index in [0.717, 1.165) is 6.42 Å². The van der Waals surface area contributed by atoms with Crippen LogP contribution in [0.3, 0.4) is 0 Å². The van der Waals surface area contributed by atoms with E-state index < -0.39 is 11.9 Å². The summed E-state index contributed by atoms with van der Waals surface area (Å²) in [6.07, 6.45) is 1.56. The van der Waals surface area contributed by atoms with Gasteiger partial charge in [-0.2, -0.15) is 0 Å². The Hall–Kier alpha value is -0.160. The first kappa shape index (κ1) is 9.40. The Kier molecular flexibility index (Phi) is 2.55. The summed E-state index contributed by atoms with van der Waals surface area (Å²) in [6.45, 7) is 1.29. The molecule has 2 rings (SSSR count). The summed E-state index contributed by atoms with van der Waals surface area (Å²) in [6, 6.07) is 0. The fraction of sp³-hybridized carbons (Fsp3) is 1.00. The first-order valence-corrected chi connectivity index (χ1v) is 4.84. The number of aliphatic hydroxyl groups excluding tert-OH is 2. The molecule has 1 saturated heterocycles. The van der Waals surface area contributed by atoms with Crippen molar-refractivity contribution in [3.63, 3.8) is 0 Å². The number of aliphatic hydroxyl groups is 2. The smallest absolute Gasteiger partial charge is 0.194 e. The van der Waals surface area contributed by atoms with Crippen LogP contribution >= 0.6 is 0 Å². The largest absolute Gasteiger partial charge is 0.396 e. The molecule has 13 heavy (non-hydrogen) atoms. The summed E-state index contributed by atoms with van der Waals surface area (Å²) in [7, 11) is 0.